The fourth-order valence-electron chi connectivity index (χ4n) is 1.44. The van der Waals surface area contributed by atoms with Crippen molar-refractivity contribution in [2.75, 3.05) is 0 Å². The first-order valence-electron chi connectivity index (χ1n) is 4.60. The molecule has 0 spiro atoms. The SMILES string of the molecule is Cc1[c]ccc(-c2ccc(F)c(Cl)c2)c1. The first kappa shape index (κ1) is 10.2. The molecule has 0 aliphatic heterocycles. The van der Waals surface area contributed by atoms with Crippen molar-refractivity contribution in [1.29, 1.82) is 0 Å². The highest BCUT2D eigenvalue weighted by atomic mass is 35.5. The molecule has 1 radical (unpaired) electrons. The van der Waals surface area contributed by atoms with Crippen molar-refractivity contribution in [2.45, 2.75) is 6.92 Å². The van der Waals surface area contributed by atoms with Gasteiger partial charge in [-0.25, -0.2) is 4.39 Å². The fourth-order valence-corrected chi connectivity index (χ4v) is 1.62. The normalized spacial score (nSPS) is 10.3. The second kappa shape index (κ2) is 4.03. The van der Waals surface area contributed by atoms with Crippen LogP contribution in [0.2, 0.25) is 5.02 Å². The van der Waals surface area contributed by atoms with Crippen molar-refractivity contribution < 1.29 is 4.39 Å². The van der Waals surface area contributed by atoms with Crippen molar-refractivity contribution in [3.63, 3.8) is 0 Å². The monoisotopic (exact) mass is 219 g/mol. The summed E-state index contributed by atoms with van der Waals surface area (Å²) in [5.74, 6) is -0.389. The number of benzene rings is 2. The van der Waals surface area contributed by atoms with E-state index in [1.807, 2.05) is 25.1 Å². The molecule has 2 rings (SSSR count). The number of hydrogen-bond donors (Lipinski definition) is 0. The van der Waals surface area contributed by atoms with E-state index in [0.717, 1.165) is 16.7 Å². The van der Waals surface area contributed by atoms with Crippen molar-refractivity contribution in [3.05, 3.63) is 58.9 Å². The lowest BCUT2D eigenvalue weighted by Gasteiger charge is -2.03. The fraction of sp³-hybridized carbons (Fsp3) is 0.0769. The Labute approximate surface area is 93.3 Å². The number of hydrogen-bond acceptors (Lipinski definition) is 0. The van der Waals surface area contributed by atoms with Crippen molar-refractivity contribution in [3.8, 4) is 11.1 Å². The minimum Gasteiger partial charge on any atom is -0.205 e. The van der Waals surface area contributed by atoms with Crippen molar-refractivity contribution >= 4 is 11.6 Å². The van der Waals surface area contributed by atoms with Crippen LogP contribution in [0.25, 0.3) is 11.1 Å². The highest BCUT2D eigenvalue weighted by Crippen LogP contribution is 2.25. The van der Waals surface area contributed by atoms with E-state index in [1.165, 1.54) is 6.07 Å². The molecule has 2 aromatic carbocycles. The van der Waals surface area contributed by atoms with Gasteiger partial charge in [-0.15, -0.1) is 0 Å². The Hall–Kier alpha value is -1.34. The molecule has 15 heavy (non-hydrogen) atoms. The lowest BCUT2D eigenvalue weighted by molar-refractivity contribution is 0.628. The molecule has 0 nitrogen and oxygen atoms in total. The van der Waals surface area contributed by atoms with E-state index in [0.29, 0.717) is 0 Å². The van der Waals surface area contributed by atoms with Gasteiger partial charge in [0.05, 0.1) is 5.02 Å². The Kier molecular flexibility index (Phi) is 2.74. The zero-order valence-corrected chi connectivity index (χ0v) is 8.98. The molecular weight excluding hydrogens is 211 g/mol. The number of rotatable bonds is 1. The van der Waals surface area contributed by atoms with Gasteiger partial charge in [-0.3, -0.25) is 0 Å². The maximum absolute atomic E-state index is 13.0. The summed E-state index contributed by atoms with van der Waals surface area (Å²) in [5, 5.41) is 0.151. The molecule has 0 fully saturated rings. The Bertz CT molecular complexity index is 492. The van der Waals surface area contributed by atoms with Gasteiger partial charge in [0.1, 0.15) is 5.82 Å². The molecular formula is C13H9ClF. The third kappa shape index (κ3) is 2.18. The van der Waals surface area contributed by atoms with Gasteiger partial charge in [-0.2, -0.15) is 0 Å². The van der Waals surface area contributed by atoms with Crippen LogP contribution in [0.15, 0.2) is 36.4 Å². The predicted molar refractivity (Wildman–Crippen MR) is 60.4 cm³/mol. The molecule has 0 aromatic heterocycles. The molecule has 2 aromatic rings. The van der Waals surface area contributed by atoms with Gasteiger partial charge >= 0.3 is 0 Å². The predicted octanol–water partition coefficient (Wildman–Crippen LogP) is 4.25. The van der Waals surface area contributed by atoms with Gasteiger partial charge in [0, 0.05) is 0 Å². The van der Waals surface area contributed by atoms with Gasteiger partial charge in [0.25, 0.3) is 0 Å². The van der Waals surface area contributed by atoms with Gasteiger partial charge in [-0.05, 0) is 41.8 Å². The smallest absolute Gasteiger partial charge is 0.141 e. The molecule has 0 N–H and O–H groups in total. The van der Waals surface area contributed by atoms with Crippen molar-refractivity contribution in [2.24, 2.45) is 0 Å². The van der Waals surface area contributed by atoms with Crippen LogP contribution < -0.4 is 0 Å². The summed E-state index contributed by atoms with van der Waals surface area (Å²) in [6, 6.07) is 13.6. The molecule has 0 saturated heterocycles. The minimum atomic E-state index is -0.389. The van der Waals surface area contributed by atoms with Crippen LogP contribution in [-0.2, 0) is 0 Å². The standard InChI is InChI=1S/C13H9ClF/c1-9-3-2-4-10(7-9)11-5-6-13(15)12(14)8-11/h2,4-8H,1H3. The first-order chi connectivity index (χ1) is 7.16. The first-order valence-corrected chi connectivity index (χ1v) is 4.98. The summed E-state index contributed by atoms with van der Waals surface area (Å²) in [5.41, 5.74) is 2.99. The molecule has 75 valence electrons. The Balaban J connectivity index is 2.50. The quantitative estimate of drug-likeness (QED) is 0.673. The molecule has 0 bridgehead atoms. The molecule has 0 atom stereocenters. The summed E-state index contributed by atoms with van der Waals surface area (Å²) < 4.78 is 13.0. The lowest BCUT2D eigenvalue weighted by atomic mass is 10.0. The van der Waals surface area contributed by atoms with E-state index < -0.39 is 0 Å². The molecule has 2 heteroatoms. The summed E-state index contributed by atoms with van der Waals surface area (Å²) in [7, 11) is 0. The highest BCUT2D eigenvalue weighted by Gasteiger charge is 2.02. The van der Waals surface area contributed by atoms with Crippen LogP contribution in [0, 0.1) is 18.8 Å². The summed E-state index contributed by atoms with van der Waals surface area (Å²) in [6.07, 6.45) is 0. The van der Waals surface area contributed by atoms with Crippen LogP contribution in [0.4, 0.5) is 4.39 Å². The van der Waals surface area contributed by atoms with Gasteiger partial charge in [0.2, 0.25) is 0 Å². The van der Waals surface area contributed by atoms with E-state index in [9.17, 15) is 4.39 Å². The summed E-state index contributed by atoms with van der Waals surface area (Å²) in [4.78, 5) is 0. The van der Waals surface area contributed by atoms with Crippen LogP contribution in [0.3, 0.4) is 0 Å². The Morgan fingerprint density at radius 3 is 2.53 bits per heavy atom. The number of aryl methyl sites for hydroxylation is 1. The molecule has 0 saturated carbocycles. The van der Waals surface area contributed by atoms with Crippen molar-refractivity contribution in [1.82, 2.24) is 0 Å². The van der Waals surface area contributed by atoms with Crippen LogP contribution in [0.1, 0.15) is 5.56 Å². The molecule has 0 aliphatic carbocycles. The highest BCUT2D eigenvalue weighted by molar-refractivity contribution is 6.31. The molecule has 0 heterocycles. The zero-order chi connectivity index (χ0) is 10.8. The molecule has 0 unspecified atom stereocenters. The topological polar surface area (TPSA) is 0 Å². The second-order valence-corrected chi connectivity index (χ2v) is 3.80. The summed E-state index contributed by atoms with van der Waals surface area (Å²) in [6.45, 7) is 1.97. The minimum absolute atomic E-state index is 0.151. The van der Waals surface area contributed by atoms with E-state index in [2.05, 4.69) is 6.07 Å². The van der Waals surface area contributed by atoms with E-state index >= 15 is 0 Å². The summed E-state index contributed by atoms with van der Waals surface area (Å²) >= 11 is 5.72. The maximum atomic E-state index is 13.0. The average molecular weight is 220 g/mol. The van der Waals surface area contributed by atoms with Crippen LogP contribution >= 0.6 is 11.6 Å². The Morgan fingerprint density at radius 1 is 1.13 bits per heavy atom. The van der Waals surface area contributed by atoms with E-state index in [4.69, 9.17) is 11.6 Å². The third-order valence-corrected chi connectivity index (χ3v) is 2.49. The van der Waals surface area contributed by atoms with Gasteiger partial charge < -0.3 is 0 Å². The maximum Gasteiger partial charge on any atom is 0.141 e. The third-order valence-electron chi connectivity index (χ3n) is 2.20. The van der Waals surface area contributed by atoms with Crippen LogP contribution in [-0.4, -0.2) is 0 Å². The zero-order valence-electron chi connectivity index (χ0n) is 8.22. The van der Waals surface area contributed by atoms with E-state index in [1.54, 1.807) is 12.1 Å². The number of halogens is 2. The van der Waals surface area contributed by atoms with E-state index in [-0.39, 0.29) is 10.8 Å². The van der Waals surface area contributed by atoms with Crippen LogP contribution in [0.5, 0.6) is 0 Å². The lowest BCUT2D eigenvalue weighted by Crippen LogP contribution is -1.82. The second-order valence-electron chi connectivity index (χ2n) is 3.39. The Morgan fingerprint density at radius 2 is 1.87 bits per heavy atom. The largest absolute Gasteiger partial charge is 0.205 e. The molecule has 0 amide bonds. The van der Waals surface area contributed by atoms with Gasteiger partial charge in [-0.1, -0.05) is 35.9 Å². The molecule has 0 aliphatic rings. The average Bonchev–Trinajstić information content (AvgIpc) is 2.22. The van der Waals surface area contributed by atoms with Gasteiger partial charge in [0.15, 0.2) is 0 Å².